The van der Waals surface area contributed by atoms with Crippen LogP contribution in [0.3, 0.4) is 0 Å². The second-order valence-electron chi connectivity index (χ2n) is 4.37. The molecule has 88 valence electrons. The molecule has 1 aliphatic heterocycles. The first-order valence-electron chi connectivity index (χ1n) is 5.57. The van der Waals surface area contributed by atoms with Gasteiger partial charge in [0.25, 0.3) is 0 Å². The molecule has 3 atom stereocenters. The average molecular weight is 224 g/mol. The summed E-state index contributed by atoms with van der Waals surface area (Å²) in [6.07, 6.45) is 4.30. The molecule has 2 rings (SSSR count). The van der Waals surface area contributed by atoms with Crippen LogP contribution in [-0.4, -0.2) is 30.6 Å². The van der Waals surface area contributed by atoms with Crippen molar-refractivity contribution in [1.82, 2.24) is 0 Å². The highest BCUT2D eigenvalue weighted by atomic mass is 16.6. The highest BCUT2D eigenvalue weighted by Gasteiger charge is 2.60. The SMILES string of the molecule is C=CCC1(C(=O)OC)OC2CCCC2C1=O. The van der Waals surface area contributed by atoms with E-state index in [9.17, 15) is 9.59 Å². The molecule has 16 heavy (non-hydrogen) atoms. The summed E-state index contributed by atoms with van der Waals surface area (Å²) >= 11 is 0. The second-order valence-corrected chi connectivity index (χ2v) is 4.37. The van der Waals surface area contributed by atoms with Crippen LogP contribution in [0.25, 0.3) is 0 Å². The number of hydrogen-bond acceptors (Lipinski definition) is 4. The fourth-order valence-electron chi connectivity index (χ4n) is 2.73. The molecule has 0 radical (unpaired) electrons. The van der Waals surface area contributed by atoms with Crippen molar-refractivity contribution in [2.24, 2.45) is 5.92 Å². The summed E-state index contributed by atoms with van der Waals surface area (Å²) in [5.41, 5.74) is -1.41. The second kappa shape index (κ2) is 4.01. The number of rotatable bonds is 3. The van der Waals surface area contributed by atoms with Crippen LogP contribution in [0.4, 0.5) is 0 Å². The molecule has 3 unspecified atom stereocenters. The van der Waals surface area contributed by atoms with Crippen LogP contribution >= 0.6 is 0 Å². The van der Waals surface area contributed by atoms with E-state index in [0.29, 0.717) is 0 Å². The van der Waals surface area contributed by atoms with Gasteiger partial charge in [0, 0.05) is 12.3 Å². The van der Waals surface area contributed by atoms with Gasteiger partial charge in [-0.1, -0.05) is 12.5 Å². The Balaban J connectivity index is 2.31. The van der Waals surface area contributed by atoms with Gasteiger partial charge in [-0.05, 0) is 12.8 Å². The summed E-state index contributed by atoms with van der Waals surface area (Å²) in [7, 11) is 1.28. The molecule has 2 fully saturated rings. The van der Waals surface area contributed by atoms with E-state index in [0.717, 1.165) is 19.3 Å². The third-order valence-electron chi connectivity index (χ3n) is 3.49. The Morgan fingerprint density at radius 2 is 2.44 bits per heavy atom. The maximum Gasteiger partial charge on any atom is 0.346 e. The van der Waals surface area contributed by atoms with Crippen LogP contribution in [0.2, 0.25) is 0 Å². The molecule has 1 saturated carbocycles. The standard InChI is InChI=1S/C12H16O4/c1-3-7-12(11(14)15-2)10(13)8-5-4-6-9(8)16-12/h3,8-9H,1,4-7H2,2H3. The summed E-state index contributed by atoms with van der Waals surface area (Å²) in [5, 5.41) is 0. The summed E-state index contributed by atoms with van der Waals surface area (Å²) in [6.45, 7) is 3.57. The Labute approximate surface area is 94.6 Å². The van der Waals surface area contributed by atoms with Gasteiger partial charge >= 0.3 is 5.97 Å². The van der Waals surface area contributed by atoms with Gasteiger partial charge in [0.05, 0.1) is 13.2 Å². The third-order valence-corrected chi connectivity index (χ3v) is 3.49. The quantitative estimate of drug-likeness (QED) is 0.411. The Kier molecular flexibility index (Phi) is 2.84. The molecule has 4 nitrogen and oxygen atoms in total. The third kappa shape index (κ3) is 1.40. The van der Waals surface area contributed by atoms with Gasteiger partial charge in [-0.3, -0.25) is 4.79 Å². The van der Waals surface area contributed by atoms with Gasteiger partial charge < -0.3 is 9.47 Å². The number of carbonyl (C=O) groups is 2. The maximum atomic E-state index is 12.2. The predicted molar refractivity (Wildman–Crippen MR) is 56.8 cm³/mol. The minimum Gasteiger partial charge on any atom is -0.467 e. The topological polar surface area (TPSA) is 52.6 Å². The highest BCUT2D eigenvalue weighted by molar-refractivity contribution is 6.10. The molecule has 2 aliphatic rings. The molecular formula is C12H16O4. The molecule has 0 spiro atoms. The fourth-order valence-corrected chi connectivity index (χ4v) is 2.73. The minimum absolute atomic E-state index is 0.105. The summed E-state index contributed by atoms with van der Waals surface area (Å²) in [6, 6.07) is 0. The van der Waals surface area contributed by atoms with Crippen molar-refractivity contribution < 1.29 is 19.1 Å². The molecule has 0 aromatic carbocycles. The normalized spacial score (nSPS) is 37.2. The lowest BCUT2D eigenvalue weighted by Crippen LogP contribution is -2.46. The number of hydrogen-bond donors (Lipinski definition) is 0. The first kappa shape index (κ1) is 11.3. The monoisotopic (exact) mass is 224 g/mol. The van der Waals surface area contributed by atoms with E-state index in [-0.39, 0.29) is 24.2 Å². The average Bonchev–Trinajstić information content (AvgIpc) is 2.82. The largest absolute Gasteiger partial charge is 0.467 e. The lowest BCUT2D eigenvalue weighted by Gasteiger charge is -2.23. The van der Waals surface area contributed by atoms with Crippen molar-refractivity contribution in [1.29, 1.82) is 0 Å². The Morgan fingerprint density at radius 3 is 3.00 bits per heavy atom. The van der Waals surface area contributed by atoms with Crippen LogP contribution in [-0.2, 0) is 19.1 Å². The molecule has 0 aromatic heterocycles. The van der Waals surface area contributed by atoms with Crippen molar-refractivity contribution in [2.75, 3.05) is 7.11 Å². The lowest BCUT2D eigenvalue weighted by atomic mass is 9.88. The van der Waals surface area contributed by atoms with Crippen molar-refractivity contribution >= 4 is 11.8 Å². The van der Waals surface area contributed by atoms with Gasteiger partial charge in [0.1, 0.15) is 0 Å². The molecular weight excluding hydrogens is 208 g/mol. The first-order chi connectivity index (χ1) is 7.65. The smallest absolute Gasteiger partial charge is 0.346 e. The molecule has 0 N–H and O–H groups in total. The zero-order valence-corrected chi connectivity index (χ0v) is 9.40. The van der Waals surface area contributed by atoms with Gasteiger partial charge in [-0.15, -0.1) is 6.58 Å². The Hall–Kier alpha value is -1.16. The lowest BCUT2D eigenvalue weighted by molar-refractivity contribution is -0.170. The van der Waals surface area contributed by atoms with E-state index in [1.54, 1.807) is 0 Å². The van der Waals surface area contributed by atoms with Crippen LogP contribution in [0.1, 0.15) is 25.7 Å². The summed E-state index contributed by atoms with van der Waals surface area (Å²) in [5.74, 6) is -0.840. The van der Waals surface area contributed by atoms with E-state index in [4.69, 9.17) is 9.47 Å². The number of carbonyl (C=O) groups excluding carboxylic acids is 2. The molecule has 0 bridgehead atoms. The zero-order valence-electron chi connectivity index (χ0n) is 9.40. The van der Waals surface area contributed by atoms with E-state index in [1.165, 1.54) is 13.2 Å². The minimum atomic E-state index is -1.41. The Morgan fingerprint density at radius 1 is 1.69 bits per heavy atom. The number of fused-ring (bicyclic) bond motifs is 1. The molecule has 1 heterocycles. The van der Waals surface area contributed by atoms with Crippen LogP contribution < -0.4 is 0 Å². The van der Waals surface area contributed by atoms with E-state index in [1.807, 2.05) is 0 Å². The van der Waals surface area contributed by atoms with E-state index >= 15 is 0 Å². The number of methoxy groups -OCH3 is 1. The molecule has 1 aliphatic carbocycles. The van der Waals surface area contributed by atoms with Crippen molar-refractivity contribution in [3.05, 3.63) is 12.7 Å². The van der Waals surface area contributed by atoms with Crippen LogP contribution in [0.15, 0.2) is 12.7 Å². The number of Topliss-reactive ketones (excluding diaryl/α,β-unsaturated/α-hetero) is 1. The number of ether oxygens (including phenoxy) is 2. The first-order valence-corrected chi connectivity index (χ1v) is 5.57. The van der Waals surface area contributed by atoms with Gasteiger partial charge in [-0.25, -0.2) is 4.79 Å². The summed E-state index contributed by atoms with van der Waals surface area (Å²) < 4.78 is 10.4. The van der Waals surface area contributed by atoms with E-state index < -0.39 is 11.6 Å². The van der Waals surface area contributed by atoms with Crippen LogP contribution in [0.5, 0.6) is 0 Å². The zero-order chi connectivity index (χ0) is 11.8. The van der Waals surface area contributed by atoms with Crippen LogP contribution in [0, 0.1) is 5.92 Å². The van der Waals surface area contributed by atoms with E-state index in [2.05, 4.69) is 6.58 Å². The molecule has 4 heteroatoms. The maximum absolute atomic E-state index is 12.2. The Bertz CT molecular complexity index is 336. The highest BCUT2D eigenvalue weighted by Crippen LogP contribution is 2.43. The molecule has 0 amide bonds. The van der Waals surface area contributed by atoms with Gasteiger partial charge in [-0.2, -0.15) is 0 Å². The van der Waals surface area contributed by atoms with Gasteiger partial charge in [0.15, 0.2) is 5.78 Å². The number of ketones is 1. The van der Waals surface area contributed by atoms with Gasteiger partial charge in [0.2, 0.25) is 5.60 Å². The summed E-state index contributed by atoms with van der Waals surface area (Å²) in [4.78, 5) is 24.0. The predicted octanol–water partition coefficient (Wildman–Crippen LogP) is 1.24. The molecule has 1 saturated heterocycles. The number of esters is 1. The van der Waals surface area contributed by atoms with Crippen molar-refractivity contribution in [2.45, 2.75) is 37.4 Å². The molecule has 0 aromatic rings. The fraction of sp³-hybridized carbons (Fsp3) is 0.667. The van der Waals surface area contributed by atoms with Crippen molar-refractivity contribution in [3.63, 3.8) is 0 Å². The van der Waals surface area contributed by atoms with Crippen molar-refractivity contribution in [3.8, 4) is 0 Å².